The first-order valence-electron chi connectivity index (χ1n) is 9.25. The van der Waals surface area contributed by atoms with Gasteiger partial charge in [0.15, 0.2) is 5.82 Å². The number of rotatable bonds is 4. The van der Waals surface area contributed by atoms with E-state index in [4.69, 9.17) is 4.74 Å². The number of nitrogens with one attached hydrogen (secondary N) is 1. The van der Waals surface area contributed by atoms with Gasteiger partial charge in [-0.15, -0.1) is 10.2 Å². The molecule has 138 valence electrons. The van der Waals surface area contributed by atoms with Crippen LogP contribution < -0.4 is 10.1 Å². The molecule has 0 spiro atoms. The highest BCUT2D eigenvalue weighted by Gasteiger charge is 2.30. The molecule has 1 aromatic carbocycles. The van der Waals surface area contributed by atoms with Gasteiger partial charge in [-0.25, -0.2) is 4.79 Å². The third kappa shape index (κ3) is 3.38. The molecule has 4 rings (SSSR count). The van der Waals surface area contributed by atoms with Crippen molar-refractivity contribution in [2.75, 3.05) is 13.7 Å². The second-order valence-corrected chi connectivity index (χ2v) is 7.19. The summed E-state index contributed by atoms with van der Waals surface area (Å²) in [5.41, 5.74) is 1.04. The molecule has 1 saturated carbocycles. The Labute approximate surface area is 153 Å². The summed E-state index contributed by atoms with van der Waals surface area (Å²) in [6, 6.07) is 7.78. The molecule has 0 radical (unpaired) electrons. The summed E-state index contributed by atoms with van der Waals surface area (Å²) < 4.78 is 7.80. The molecule has 2 amide bonds. The van der Waals surface area contributed by atoms with Gasteiger partial charge in [0.25, 0.3) is 0 Å². The van der Waals surface area contributed by atoms with Gasteiger partial charge in [-0.2, -0.15) is 0 Å². The highest BCUT2D eigenvalue weighted by atomic mass is 16.5. The highest BCUT2D eigenvalue weighted by Crippen LogP contribution is 2.38. The molecule has 1 atom stereocenters. The van der Waals surface area contributed by atoms with Gasteiger partial charge in [0.2, 0.25) is 0 Å². The Balaban J connectivity index is 1.43. The van der Waals surface area contributed by atoms with Gasteiger partial charge in [-0.1, -0.05) is 18.2 Å². The number of amides is 2. The molecule has 0 unspecified atom stereocenters. The minimum absolute atomic E-state index is 0.0369. The average Bonchev–Trinajstić information content (AvgIpc) is 3.44. The predicted molar refractivity (Wildman–Crippen MR) is 96.9 cm³/mol. The van der Waals surface area contributed by atoms with E-state index in [0.29, 0.717) is 19.1 Å². The average molecular weight is 355 g/mol. The molecule has 1 aliphatic heterocycles. The molecule has 1 aliphatic carbocycles. The number of nitrogens with zero attached hydrogens (tertiary/aromatic N) is 4. The lowest BCUT2D eigenvalue weighted by atomic mass is 10.0. The summed E-state index contributed by atoms with van der Waals surface area (Å²) in [6.45, 7) is 1.12. The van der Waals surface area contributed by atoms with Crippen LogP contribution in [0.15, 0.2) is 24.3 Å². The third-order valence-electron chi connectivity index (χ3n) is 5.15. The normalized spacial score (nSPS) is 19.2. The number of para-hydroxylation sites is 1. The molecule has 26 heavy (non-hydrogen) atoms. The van der Waals surface area contributed by atoms with E-state index in [1.807, 2.05) is 35.9 Å². The minimum Gasteiger partial charge on any atom is -0.493 e. The van der Waals surface area contributed by atoms with Gasteiger partial charge in [0.1, 0.15) is 11.6 Å². The topological polar surface area (TPSA) is 72.3 Å². The molecular formula is C19H25N5O2. The summed E-state index contributed by atoms with van der Waals surface area (Å²) >= 11 is 0. The van der Waals surface area contributed by atoms with Crippen LogP contribution in [0, 0.1) is 0 Å². The largest absolute Gasteiger partial charge is 0.493 e. The van der Waals surface area contributed by atoms with Crippen molar-refractivity contribution >= 4 is 6.03 Å². The number of carbonyl (C=O) groups excluding carboxylic acids is 1. The van der Waals surface area contributed by atoms with Crippen LogP contribution in [0.5, 0.6) is 5.75 Å². The Morgan fingerprint density at radius 2 is 2.12 bits per heavy atom. The number of ether oxygens (including phenoxy) is 1. The van der Waals surface area contributed by atoms with Crippen LogP contribution in [0.1, 0.15) is 54.9 Å². The van der Waals surface area contributed by atoms with Gasteiger partial charge in [0.05, 0.1) is 19.2 Å². The maximum absolute atomic E-state index is 12.7. The van der Waals surface area contributed by atoms with E-state index in [9.17, 15) is 4.79 Å². The van der Waals surface area contributed by atoms with Crippen molar-refractivity contribution in [1.29, 1.82) is 0 Å². The molecule has 0 bridgehead atoms. The van der Waals surface area contributed by atoms with Crippen molar-refractivity contribution in [3.8, 4) is 5.75 Å². The van der Waals surface area contributed by atoms with E-state index in [1.54, 1.807) is 11.9 Å². The van der Waals surface area contributed by atoms with Crippen molar-refractivity contribution in [3.63, 3.8) is 0 Å². The van der Waals surface area contributed by atoms with E-state index in [2.05, 4.69) is 15.5 Å². The van der Waals surface area contributed by atoms with Crippen molar-refractivity contribution < 1.29 is 9.53 Å². The number of carbonyl (C=O) groups is 1. The zero-order chi connectivity index (χ0) is 18.1. The van der Waals surface area contributed by atoms with Crippen LogP contribution in [0.3, 0.4) is 0 Å². The number of urea groups is 1. The second kappa shape index (κ2) is 6.97. The van der Waals surface area contributed by atoms with E-state index >= 15 is 0 Å². The van der Waals surface area contributed by atoms with Crippen molar-refractivity contribution in [1.82, 2.24) is 25.0 Å². The van der Waals surface area contributed by atoms with Gasteiger partial charge in [0, 0.05) is 25.6 Å². The van der Waals surface area contributed by atoms with Crippen molar-refractivity contribution in [3.05, 3.63) is 41.5 Å². The second-order valence-electron chi connectivity index (χ2n) is 7.19. The minimum atomic E-state index is -0.109. The standard InChI is InChI=1S/C19H25N5O2/c1-23(12-17-21-22-18(24(17)2)13-9-10-13)19(25)20-15-7-5-11-26-16-8-4-3-6-14(15)16/h3-4,6,8,13,15H,5,7,9-12H2,1-2H3,(H,20,25)/t15-/m1/s1. The lowest BCUT2D eigenvalue weighted by molar-refractivity contribution is 0.200. The highest BCUT2D eigenvalue weighted by molar-refractivity contribution is 5.74. The van der Waals surface area contributed by atoms with Crippen LogP contribution in [0.25, 0.3) is 0 Å². The Morgan fingerprint density at radius 3 is 2.92 bits per heavy atom. The number of aromatic nitrogens is 3. The van der Waals surface area contributed by atoms with Crippen LogP contribution in [0.4, 0.5) is 4.79 Å². The maximum atomic E-state index is 12.7. The SMILES string of the molecule is CN(Cc1nnc(C2CC2)n1C)C(=O)N[C@@H]1CCCOc2ccccc21. The quantitative estimate of drug-likeness (QED) is 0.915. The molecule has 2 aliphatic rings. The maximum Gasteiger partial charge on any atom is 0.318 e. The number of hydrogen-bond donors (Lipinski definition) is 1. The predicted octanol–water partition coefficient (Wildman–Crippen LogP) is 2.75. The molecule has 2 heterocycles. The van der Waals surface area contributed by atoms with E-state index in [0.717, 1.165) is 35.8 Å². The number of hydrogen-bond acceptors (Lipinski definition) is 4. The van der Waals surface area contributed by atoms with Crippen molar-refractivity contribution in [2.24, 2.45) is 7.05 Å². The van der Waals surface area contributed by atoms with E-state index in [-0.39, 0.29) is 12.1 Å². The van der Waals surface area contributed by atoms with E-state index in [1.165, 1.54) is 12.8 Å². The Morgan fingerprint density at radius 1 is 1.31 bits per heavy atom. The van der Waals surface area contributed by atoms with Gasteiger partial charge in [-0.3, -0.25) is 0 Å². The first-order valence-corrected chi connectivity index (χ1v) is 9.25. The Bertz CT molecular complexity index is 799. The van der Waals surface area contributed by atoms with Gasteiger partial charge < -0.3 is 19.5 Å². The van der Waals surface area contributed by atoms with Crippen LogP contribution in [-0.2, 0) is 13.6 Å². The monoisotopic (exact) mass is 355 g/mol. The lowest BCUT2D eigenvalue weighted by Crippen LogP contribution is -2.39. The fourth-order valence-corrected chi connectivity index (χ4v) is 3.43. The molecular weight excluding hydrogens is 330 g/mol. The Kier molecular flexibility index (Phi) is 4.53. The molecule has 1 fully saturated rings. The zero-order valence-electron chi connectivity index (χ0n) is 15.3. The number of fused-ring (bicyclic) bond motifs is 1. The van der Waals surface area contributed by atoms with Gasteiger partial charge in [-0.05, 0) is 31.7 Å². The smallest absolute Gasteiger partial charge is 0.318 e. The van der Waals surface area contributed by atoms with Crippen LogP contribution in [0.2, 0.25) is 0 Å². The molecule has 1 aromatic heterocycles. The molecule has 0 saturated heterocycles. The number of benzene rings is 1. The molecule has 7 nitrogen and oxygen atoms in total. The summed E-state index contributed by atoms with van der Waals surface area (Å²) in [5.74, 6) is 3.25. The Hall–Kier alpha value is -2.57. The fraction of sp³-hybridized carbons (Fsp3) is 0.526. The zero-order valence-corrected chi connectivity index (χ0v) is 15.3. The third-order valence-corrected chi connectivity index (χ3v) is 5.15. The fourth-order valence-electron chi connectivity index (χ4n) is 3.43. The molecule has 1 N–H and O–H groups in total. The summed E-state index contributed by atoms with van der Waals surface area (Å²) in [4.78, 5) is 14.4. The molecule has 7 heteroatoms. The van der Waals surface area contributed by atoms with Crippen molar-refractivity contribution in [2.45, 2.75) is 44.2 Å². The van der Waals surface area contributed by atoms with Crippen LogP contribution >= 0.6 is 0 Å². The first kappa shape index (κ1) is 16.9. The van der Waals surface area contributed by atoms with Gasteiger partial charge >= 0.3 is 6.03 Å². The first-order chi connectivity index (χ1) is 12.6. The summed E-state index contributed by atoms with van der Waals surface area (Å²) in [7, 11) is 3.77. The lowest BCUT2D eigenvalue weighted by Gasteiger charge is -2.23. The summed E-state index contributed by atoms with van der Waals surface area (Å²) in [5, 5.41) is 11.7. The van der Waals surface area contributed by atoms with E-state index < -0.39 is 0 Å². The summed E-state index contributed by atoms with van der Waals surface area (Å²) in [6.07, 6.45) is 4.15. The van der Waals surface area contributed by atoms with Crippen LogP contribution in [-0.4, -0.2) is 39.4 Å². The molecule has 2 aromatic rings.